The Morgan fingerprint density at radius 1 is 1.03 bits per heavy atom. The summed E-state index contributed by atoms with van der Waals surface area (Å²) in [6.45, 7) is 2.05. The third-order valence-corrected chi connectivity index (χ3v) is 7.54. The molecule has 1 aromatic heterocycles. The van der Waals surface area contributed by atoms with E-state index in [2.05, 4.69) is 0 Å². The highest BCUT2D eigenvalue weighted by molar-refractivity contribution is 8.00. The molecular weight excluding hydrogens is 517 g/mol. The Kier molecular flexibility index (Phi) is 9.35. The van der Waals surface area contributed by atoms with Crippen molar-refractivity contribution in [2.75, 3.05) is 6.26 Å². The number of thioether (sulfide) groups is 1. The molecule has 202 valence electrons. The van der Waals surface area contributed by atoms with Crippen molar-refractivity contribution in [3.05, 3.63) is 119 Å². The molecule has 0 fully saturated rings. The van der Waals surface area contributed by atoms with Gasteiger partial charge in [0, 0.05) is 11.1 Å². The van der Waals surface area contributed by atoms with Crippen molar-refractivity contribution in [1.82, 2.24) is 0 Å². The van der Waals surface area contributed by atoms with Crippen LogP contribution in [0.3, 0.4) is 0 Å². The SMILES string of the molecule is CSC(C[C@H](N)C(=O)O)C(=O)c1cc(C(OCc2ccco2)c2ccccc2F)ccc1-c1ccccc1C. The standard InChI is InChI=1S/C31H30FNO5S/c1-19-8-3-4-10-22(19)23-14-13-20(16-25(23)29(34)28(39-2)17-27(33)31(35)36)30(24-11-5-6-12-26(24)32)38-18-21-9-7-15-37-21/h3-16,27-28,30H,17-18,33H2,1-2H3,(H,35,36)/t27-,28?,30?/m0/s1. The van der Waals surface area contributed by atoms with Gasteiger partial charge in [-0.25, -0.2) is 4.39 Å². The third kappa shape index (κ3) is 6.65. The first-order chi connectivity index (χ1) is 18.8. The predicted molar refractivity (Wildman–Crippen MR) is 150 cm³/mol. The number of carboxylic acids is 1. The van der Waals surface area contributed by atoms with Gasteiger partial charge >= 0.3 is 5.97 Å². The summed E-state index contributed by atoms with van der Waals surface area (Å²) < 4.78 is 26.6. The van der Waals surface area contributed by atoms with Crippen LogP contribution in [0.1, 0.15) is 45.3 Å². The van der Waals surface area contributed by atoms with Crippen molar-refractivity contribution >= 4 is 23.5 Å². The van der Waals surface area contributed by atoms with Crippen molar-refractivity contribution < 1.29 is 28.2 Å². The van der Waals surface area contributed by atoms with E-state index < -0.39 is 29.2 Å². The van der Waals surface area contributed by atoms with Crippen molar-refractivity contribution in [3.63, 3.8) is 0 Å². The molecule has 39 heavy (non-hydrogen) atoms. The van der Waals surface area contributed by atoms with E-state index in [9.17, 15) is 14.7 Å². The number of halogens is 1. The molecule has 0 amide bonds. The van der Waals surface area contributed by atoms with Crippen molar-refractivity contribution in [2.45, 2.75) is 37.3 Å². The lowest BCUT2D eigenvalue weighted by molar-refractivity contribution is -0.138. The average Bonchev–Trinajstić information content (AvgIpc) is 3.46. The first kappa shape index (κ1) is 28.3. The molecule has 0 aliphatic carbocycles. The molecule has 4 aromatic rings. The number of ketones is 1. The zero-order valence-electron chi connectivity index (χ0n) is 21.7. The molecule has 8 heteroatoms. The van der Waals surface area contributed by atoms with Gasteiger partial charge in [0.05, 0.1) is 11.5 Å². The van der Waals surface area contributed by atoms with Crippen LogP contribution in [0.2, 0.25) is 0 Å². The molecule has 0 radical (unpaired) electrons. The highest BCUT2D eigenvalue weighted by atomic mass is 32.2. The predicted octanol–water partition coefficient (Wildman–Crippen LogP) is 6.42. The number of aliphatic carboxylic acids is 1. The van der Waals surface area contributed by atoms with Gasteiger partial charge in [-0.2, -0.15) is 11.8 Å². The van der Waals surface area contributed by atoms with Gasteiger partial charge in [0.1, 0.15) is 30.3 Å². The van der Waals surface area contributed by atoms with Gasteiger partial charge in [-0.05, 0) is 66.1 Å². The summed E-state index contributed by atoms with van der Waals surface area (Å²) in [5.74, 6) is -1.28. The summed E-state index contributed by atoms with van der Waals surface area (Å²) in [6.07, 6.45) is 2.43. The van der Waals surface area contributed by atoms with E-state index in [0.29, 0.717) is 28.0 Å². The lowest BCUT2D eigenvalue weighted by Crippen LogP contribution is -2.35. The zero-order valence-corrected chi connectivity index (χ0v) is 22.5. The monoisotopic (exact) mass is 547 g/mol. The smallest absolute Gasteiger partial charge is 0.320 e. The Hall–Kier alpha value is -3.72. The summed E-state index contributed by atoms with van der Waals surface area (Å²) in [7, 11) is 0. The van der Waals surface area contributed by atoms with E-state index in [1.165, 1.54) is 24.1 Å². The molecule has 1 heterocycles. The molecule has 0 aliphatic rings. The number of rotatable bonds is 12. The summed E-state index contributed by atoms with van der Waals surface area (Å²) in [5, 5.41) is 8.66. The molecule has 0 aliphatic heterocycles. The molecule has 0 saturated carbocycles. The number of hydrogen-bond acceptors (Lipinski definition) is 6. The van der Waals surface area contributed by atoms with E-state index in [1.807, 2.05) is 43.3 Å². The van der Waals surface area contributed by atoms with Crippen molar-refractivity contribution in [3.8, 4) is 11.1 Å². The average molecular weight is 548 g/mol. The van der Waals surface area contributed by atoms with Crippen LogP contribution in [0.4, 0.5) is 4.39 Å². The van der Waals surface area contributed by atoms with Crippen LogP contribution in [0, 0.1) is 12.7 Å². The molecule has 0 spiro atoms. The number of carbonyl (C=O) groups excluding carboxylic acids is 1. The van der Waals surface area contributed by atoms with Crippen molar-refractivity contribution in [2.24, 2.45) is 5.73 Å². The van der Waals surface area contributed by atoms with Gasteiger partial charge in [-0.1, -0.05) is 54.6 Å². The minimum atomic E-state index is -1.18. The Bertz CT molecular complexity index is 1440. The third-order valence-electron chi connectivity index (χ3n) is 6.57. The highest BCUT2D eigenvalue weighted by Crippen LogP contribution is 2.36. The maximum Gasteiger partial charge on any atom is 0.320 e. The molecule has 3 aromatic carbocycles. The number of Topliss-reactive ketones (excluding diaryl/α,β-unsaturated/α-hetero) is 1. The number of furan rings is 1. The zero-order chi connectivity index (χ0) is 27.9. The van der Waals surface area contributed by atoms with Gasteiger partial charge in [0.2, 0.25) is 0 Å². The molecule has 0 bridgehead atoms. The summed E-state index contributed by atoms with van der Waals surface area (Å²) in [5.41, 5.74) is 9.63. The summed E-state index contributed by atoms with van der Waals surface area (Å²) in [4.78, 5) is 25.4. The number of ether oxygens (including phenoxy) is 1. The Morgan fingerprint density at radius 2 is 1.77 bits per heavy atom. The molecule has 3 atom stereocenters. The molecule has 6 nitrogen and oxygen atoms in total. The van der Waals surface area contributed by atoms with Gasteiger partial charge in [-0.3, -0.25) is 9.59 Å². The van der Waals surface area contributed by atoms with E-state index in [1.54, 1.807) is 42.7 Å². The van der Waals surface area contributed by atoms with E-state index in [0.717, 1.165) is 11.1 Å². The second kappa shape index (κ2) is 12.9. The minimum Gasteiger partial charge on any atom is -0.480 e. The van der Waals surface area contributed by atoms with Crippen LogP contribution in [-0.4, -0.2) is 34.4 Å². The fourth-order valence-electron chi connectivity index (χ4n) is 4.47. The molecule has 4 rings (SSSR count). The first-order valence-corrected chi connectivity index (χ1v) is 13.7. The van der Waals surface area contributed by atoms with Crippen LogP contribution in [-0.2, 0) is 16.1 Å². The first-order valence-electron chi connectivity index (χ1n) is 12.4. The van der Waals surface area contributed by atoms with Gasteiger partial charge in [0.15, 0.2) is 5.78 Å². The maximum atomic E-state index is 15.0. The lowest BCUT2D eigenvalue weighted by Gasteiger charge is -2.23. The highest BCUT2D eigenvalue weighted by Gasteiger charge is 2.29. The summed E-state index contributed by atoms with van der Waals surface area (Å²) >= 11 is 1.25. The topological polar surface area (TPSA) is 103 Å². The molecular formula is C31H30FNO5S. The number of aryl methyl sites for hydroxylation is 1. The van der Waals surface area contributed by atoms with Crippen LogP contribution in [0.15, 0.2) is 89.5 Å². The van der Waals surface area contributed by atoms with Gasteiger partial charge in [0.25, 0.3) is 0 Å². The minimum absolute atomic E-state index is 0.0293. The number of carboxylic acid groups (broad SMARTS) is 1. The molecule has 2 unspecified atom stereocenters. The van der Waals surface area contributed by atoms with Crippen LogP contribution in [0.25, 0.3) is 11.1 Å². The lowest BCUT2D eigenvalue weighted by atomic mass is 9.88. The maximum absolute atomic E-state index is 15.0. The quantitative estimate of drug-likeness (QED) is 0.197. The normalized spacial score (nSPS) is 13.5. The van der Waals surface area contributed by atoms with Crippen LogP contribution < -0.4 is 5.73 Å². The largest absolute Gasteiger partial charge is 0.480 e. The number of hydrogen-bond donors (Lipinski definition) is 2. The molecule has 3 N–H and O–H groups in total. The Labute approximate surface area is 231 Å². The fraction of sp³-hybridized carbons (Fsp3) is 0.226. The number of benzene rings is 3. The Morgan fingerprint density at radius 3 is 2.44 bits per heavy atom. The van der Waals surface area contributed by atoms with Gasteiger partial charge < -0.3 is 20.0 Å². The van der Waals surface area contributed by atoms with E-state index >= 15 is 4.39 Å². The van der Waals surface area contributed by atoms with E-state index in [4.69, 9.17) is 14.9 Å². The Balaban J connectivity index is 1.83. The fourth-order valence-corrected chi connectivity index (χ4v) is 5.21. The van der Waals surface area contributed by atoms with Crippen molar-refractivity contribution in [1.29, 1.82) is 0 Å². The second-order valence-corrected chi connectivity index (χ2v) is 10.2. The van der Waals surface area contributed by atoms with Gasteiger partial charge in [-0.15, -0.1) is 0 Å². The summed E-state index contributed by atoms with van der Waals surface area (Å²) in [6, 6.07) is 21.8. The molecule has 0 saturated heterocycles. The van der Waals surface area contributed by atoms with E-state index in [-0.39, 0.29) is 18.8 Å². The van der Waals surface area contributed by atoms with Crippen LogP contribution in [0.5, 0.6) is 0 Å². The number of nitrogens with two attached hydrogens (primary N) is 1. The second-order valence-electron chi connectivity index (χ2n) is 9.18. The van der Waals surface area contributed by atoms with Crippen LogP contribution >= 0.6 is 11.8 Å². The number of carbonyl (C=O) groups is 2.